The molecule has 13 heteroatoms. The maximum atomic E-state index is 13.8. The maximum absolute atomic E-state index is 13.8. The lowest BCUT2D eigenvalue weighted by molar-refractivity contribution is -0.145. The quantitative estimate of drug-likeness (QED) is 0.508. The first kappa shape index (κ1) is 24.6. The minimum Gasteiger partial charge on any atom is -0.481 e. The van der Waals surface area contributed by atoms with Gasteiger partial charge in [-0.3, -0.25) is 9.79 Å². The fourth-order valence-electron chi connectivity index (χ4n) is 4.31. The number of amides is 1. The van der Waals surface area contributed by atoms with E-state index in [9.17, 15) is 29.0 Å². The largest absolute Gasteiger partial charge is 0.481 e. The number of aliphatic imine (C=N–C) groups is 1. The first-order chi connectivity index (χ1) is 16.7. The molecule has 4 rings (SSSR count). The predicted molar refractivity (Wildman–Crippen MR) is 124 cm³/mol. The smallest absolute Gasteiger partial charge is 0.407 e. The normalized spacial score (nSPS) is 22.3. The Balaban J connectivity index is 1.90. The van der Waals surface area contributed by atoms with Crippen LogP contribution in [-0.2, 0) is 14.3 Å². The highest BCUT2D eigenvalue weighted by Gasteiger charge is 2.43. The van der Waals surface area contributed by atoms with Crippen LogP contribution in [0.15, 0.2) is 46.0 Å². The Hall–Kier alpha value is -3.51. The lowest BCUT2D eigenvalue weighted by Crippen LogP contribution is -2.49. The van der Waals surface area contributed by atoms with Gasteiger partial charge < -0.3 is 25.2 Å². The van der Waals surface area contributed by atoms with E-state index in [1.807, 2.05) is 0 Å². The van der Waals surface area contributed by atoms with Gasteiger partial charge in [0.2, 0.25) is 0 Å². The Kier molecular flexibility index (Phi) is 7.03. The van der Waals surface area contributed by atoms with E-state index in [1.54, 1.807) is 11.6 Å². The first-order valence-electron chi connectivity index (χ1n) is 10.4. The van der Waals surface area contributed by atoms with Crippen molar-refractivity contribution >= 4 is 46.8 Å². The van der Waals surface area contributed by atoms with E-state index in [0.29, 0.717) is 10.6 Å². The molecule has 0 bridgehead atoms. The summed E-state index contributed by atoms with van der Waals surface area (Å²) in [6.07, 6.45) is 0.463. The van der Waals surface area contributed by atoms with Crippen LogP contribution < -0.4 is 5.32 Å². The Morgan fingerprint density at radius 2 is 2.09 bits per heavy atom. The van der Waals surface area contributed by atoms with Gasteiger partial charge in [-0.05, 0) is 18.6 Å². The number of rotatable bonds is 5. The predicted octanol–water partition coefficient (Wildman–Crippen LogP) is 3.15. The van der Waals surface area contributed by atoms with Crippen LogP contribution in [0.4, 0.5) is 9.18 Å². The number of esters is 1. The summed E-state index contributed by atoms with van der Waals surface area (Å²) < 4.78 is 18.8. The highest BCUT2D eigenvalue weighted by molar-refractivity contribution is 7.11. The average Bonchev–Trinajstić information content (AvgIpc) is 3.37. The molecule has 1 saturated heterocycles. The van der Waals surface area contributed by atoms with Gasteiger partial charge in [0.15, 0.2) is 10.8 Å². The number of hydrogen-bond donors (Lipinski definition) is 3. The van der Waals surface area contributed by atoms with Gasteiger partial charge in [0, 0.05) is 46.9 Å². The van der Waals surface area contributed by atoms with Crippen LogP contribution in [0.5, 0.6) is 0 Å². The minimum absolute atomic E-state index is 0.0151. The number of ether oxygens (including phenoxy) is 1. The highest BCUT2D eigenvalue weighted by Crippen LogP contribution is 2.41. The van der Waals surface area contributed by atoms with Crippen molar-refractivity contribution in [3.05, 3.63) is 62.5 Å². The summed E-state index contributed by atoms with van der Waals surface area (Å²) in [5.41, 5.74) is 0.567. The molecule has 1 aromatic carbocycles. The zero-order valence-electron chi connectivity index (χ0n) is 18.3. The number of aromatic nitrogens is 1. The lowest BCUT2D eigenvalue weighted by atomic mass is 9.79. The van der Waals surface area contributed by atoms with Crippen molar-refractivity contribution in [2.45, 2.75) is 12.5 Å². The number of methoxy groups -OCH3 is 1. The topological polar surface area (TPSA) is 141 Å². The van der Waals surface area contributed by atoms with Crippen molar-refractivity contribution in [2.75, 3.05) is 20.2 Å². The SMILES string of the molecule is COC(=O)C1=C([C@H]2CCN(C(=O)O)C[C@H]2C(=O)O)NC(c2nccs2)=NC1c1ccc(F)cc1Cl. The number of thiazole rings is 1. The molecule has 3 atom stereocenters. The zero-order chi connectivity index (χ0) is 25.3. The number of carbonyl (C=O) groups excluding carboxylic acids is 1. The Bertz CT molecular complexity index is 1230. The number of nitrogens with zero attached hydrogens (tertiary/aromatic N) is 3. The number of aliphatic carboxylic acids is 1. The summed E-state index contributed by atoms with van der Waals surface area (Å²) in [6, 6.07) is 2.63. The number of carbonyl (C=O) groups is 3. The molecule has 0 aliphatic carbocycles. The molecule has 10 nitrogen and oxygen atoms in total. The number of carboxylic acids is 1. The van der Waals surface area contributed by atoms with Gasteiger partial charge >= 0.3 is 18.0 Å². The number of carboxylic acid groups (broad SMARTS) is 2. The Morgan fingerprint density at radius 1 is 1.31 bits per heavy atom. The lowest BCUT2D eigenvalue weighted by Gasteiger charge is -2.39. The molecule has 184 valence electrons. The van der Waals surface area contributed by atoms with E-state index >= 15 is 0 Å². The molecule has 0 spiro atoms. The van der Waals surface area contributed by atoms with Crippen molar-refractivity contribution in [3.8, 4) is 0 Å². The van der Waals surface area contributed by atoms with Crippen LogP contribution >= 0.6 is 22.9 Å². The van der Waals surface area contributed by atoms with Gasteiger partial charge in [-0.15, -0.1) is 11.3 Å². The molecule has 35 heavy (non-hydrogen) atoms. The summed E-state index contributed by atoms with van der Waals surface area (Å²) in [6.45, 7) is -0.199. The van der Waals surface area contributed by atoms with E-state index < -0.39 is 41.7 Å². The van der Waals surface area contributed by atoms with Crippen LogP contribution in [0.3, 0.4) is 0 Å². The summed E-state index contributed by atoms with van der Waals surface area (Å²) in [4.78, 5) is 46.6. The standard InChI is InChI=1S/C22H20ClFN4O6S/c1-34-21(31)15-16(11-4-6-28(22(32)33)9-13(11)20(29)30)26-18(19-25-5-7-35-19)27-17(15)12-3-2-10(24)8-14(12)23/h2-3,5,7-8,11,13,17H,4,6,9H2,1H3,(H,26,27)(H,29,30)(H,32,33)/t11-,13+,17?/m0/s1. The molecule has 3 N–H and O–H groups in total. The maximum Gasteiger partial charge on any atom is 0.407 e. The molecule has 0 saturated carbocycles. The van der Waals surface area contributed by atoms with Gasteiger partial charge in [0.05, 0.1) is 18.6 Å². The number of benzene rings is 1. The summed E-state index contributed by atoms with van der Waals surface area (Å²) in [5, 5.41) is 24.6. The minimum atomic E-state index is -1.23. The fraction of sp³-hybridized carbons (Fsp3) is 0.318. The van der Waals surface area contributed by atoms with Crippen molar-refractivity contribution in [2.24, 2.45) is 16.8 Å². The van der Waals surface area contributed by atoms with Gasteiger partial charge in [0.1, 0.15) is 11.9 Å². The van der Waals surface area contributed by atoms with Crippen LogP contribution in [0.1, 0.15) is 23.0 Å². The molecule has 1 amide bonds. The van der Waals surface area contributed by atoms with E-state index in [-0.39, 0.29) is 41.6 Å². The molecule has 2 aliphatic rings. The number of nitrogens with one attached hydrogen (secondary N) is 1. The van der Waals surface area contributed by atoms with Crippen LogP contribution in [0.25, 0.3) is 0 Å². The fourth-order valence-corrected chi connectivity index (χ4v) is 5.17. The molecule has 1 aromatic heterocycles. The molecule has 2 aromatic rings. The Labute approximate surface area is 207 Å². The second kappa shape index (κ2) is 10.0. The third-order valence-corrected chi connectivity index (χ3v) is 7.05. The molecule has 1 unspecified atom stereocenters. The third kappa shape index (κ3) is 4.84. The number of hydrogen-bond acceptors (Lipinski definition) is 8. The van der Waals surface area contributed by atoms with Crippen LogP contribution in [-0.4, -0.2) is 64.2 Å². The van der Waals surface area contributed by atoms with Crippen molar-refractivity contribution in [3.63, 3.8) is 0 Å². The van der Waals surface area contributed by atoms with Gasteiger partial charge in [0.25, 0.3) is 0 Å². The van der Waals surface area contributed by atoms with E-state index in [0.717, 1.165) is 11.0 Å². The van der Waals surface area contributed by atoms with Crippen molar-refractivity contribution < 1.29 is 33.7 Å². The molecular formula is C22H20ClFN4O6S. The van der Waals surface area contributed by atoms with Crippen LogP contribution in [0, 0.1) is 17.7 Å². The van der Waals surface area contributed by atoms with Gasteiger partial charge in [-0.2, -0.15) is 0 Å². The molecule has 2 aliphatic heterocycles. The molecule has 1 fully saturated rings. The Morgan fingerprint density at radius 3 is 2.69 bits per heavy atom. The summed E-state index contributed by atoms with van der Waals surface area (Å²) >= 11 is 7.60. The number of likely N-dealkylation sites (tertiary alicyclic amines) is 1. The average molecular weight is 523 g/mol. The number of halogens is 2. The second-order valence-electron chi connectivity index (χ2n) is 7.90. The van der Waals surface area contributed by atoms with E-state index in [2.05, 4.69) is 15.3 Å². The van der Waals surface area contributed by atoms with Gasteiger partial charge in [-0.1, -0.05) is 17.7 Å². The monoisotopic (exact) mass is 522 g/mol. The summed E-state index contributed by atoms with van der Waals surface area (Å²) in [7, 11) is 1.18. The van der Waals surface area contributed by atoms with E-state index in [4.69, 9.17) is 16.3 Å². The highest BCUT2D eigenvalue weighted by atomic mass is 35.5. The van der Waals surface area contributed by atoms with Crippen molar-refractivity contribution in [1.82, 2.24) is 15.2 Å². The zero-order valence-corrected chi connectivity index (χ0v) is 19.8. The number of amidine groups is 1. The second-order valence-corrected chi connectivity index (χ2v) is 9.20. The van der Waals surface area contributed by atoms with E-state index in [1.165, 1.54) is 30.6 Å². The summed E-state index contributed by atoms with van der Waals surface area (Å²) in [5.74, 6) is -4.21. The first-order valence-corrected chi connectivity index (χ1v) is 11.7. The molecule has 3 heterocycles. The van der Waals surface area contributed by atoms with Crippen LogP contribution in [0.2, 0.25) is 5.02 Å². The molecular weight excluding hydrogens is 503 g/mol. The molecule has 0 radical (unpaired) electrons. The van der Waals surface area contributed by atoms with Crippen molar-refractivity contribution in [1.29, 1.82) is 0 Å². The number of piperidine rings is 1. The van der Waals surface area contributed by atoms with Gasteiger partial charge in [-0.25, -0.2) is 19.0 Å². The number of allylic oxidation sites excluding steroid dienone is 1. The third-order valence-electron chi connectivity index (χ3n) is 5.94.